The molecule has 3 rings (SSSR count). The zero-order chi connectivity index (χ0) is 24.7. The van der Waals surface area contributed by atoms with Crippen LogP contribution in [0.3, 0.4) is 0 Å². The highest BCUT2D eigenvalue weighted by Gasteiger charge is 2.28. The van der Waals surface area contributed by atoms with E-state index in [9.17, 15) is 22.4 Å². The number of ether oxygens (including phenoxy) is 2. The smallest absolute Gasteiger partial charge is 0.339 e. The van der Waals surface area contributed by atoms with Gasteiger partial charge in [-0.2, -0.15) is 0 Å². The highest BCUT2D eigenvalue weighted by atomic mass is 32.2. The van der Waals surface area contributed by atoms with Crippen molar-refractivity contribution in [2.45, 2.75) is 11.8 Å². The van der Waals surface area contributed by atoms with Crippen molar-refractivity contribution in [2.75, 3.05) is 29.9 Å². The maximum absolute atomic E-state index is 13.4. The molecule has 0 aliphatic rings. The molecule has 10 heteroatoms. The standard InChI is InChI=1S/C24H23FN2O6S/c1-3-33-19-12-10-18(11-13-19)27(34(30,31)20-14-8-17(25)9-15-20)16-23(28)26-22-7-5-4-6-21(22)24(29)32-2/h4-15H,3,16H2,1-2H3,(H,26,28). The van der Waals surface area contributed by atoms with Gasteiger partial charge >= 0.3 is 5.97 Å². The number of para-hydroxylation sites is 1. The van der Waals surface area contributed by atoms with Crippen LogP contribution in [0.1, 0.15) is 17.3 Å². The molecule has 0 aliphatic carbocycles. The van der Waals surface area contributed by atoms with Crippen molar-refractivity contribution >= 4 is 33.3 Å². The molecule has 1 amide bonds. The van der Waals surface area contributed by atoms with E-state index < -0.39 is 34.3 Å². The Bertz CT molecular complexity index is 1260. The quantitative estimate of drug-likeness (QED) is 0.461. The van der Waals surface area contributed by atoms with Gasteiger partial charge in [-0.1, -0.05) is 12.1 Å². The fourth-order valence-electron chi connectivity index (χ4n) is 3.12. The lowest BCUT2D eigenvalue weighted by molar-refractivity contribution is -0.114. The molecule has 3 aromatic carbocycles. The number of carbonyl (C=O) groups excluding carboxylic acids is 2. The summed E-state index contributed by atoms with van der Waals surface area (Å²) in [5, 5.41) is 2.56. The Morgan fingerprint density at radius 2 is 1.62 bits per heavy atom. The Hall–Kier alpha value is -3.92. The average Bonchev–Trinajstić information content (AvgIpc) is 2.83. The summed E-state index contributed by atoms with van der Waals surface area (Å²) in [5.41, 5.74) is 0.488. The first kappa shape index (κ1) is 24.7. The lowest BCUT2D eigenvalue weighted by Gasteiger charge is -2.24. The molecule has 0 fully saturated rings. The van der Waals surface area contributed by atoms with E-state index in [1.54, 1.807) is 24.3 Å². The van der Waals surface area contributed by atoms with Crippen LogP contribution in [0.5, 0.6) is 5.75 Å². The highest BCUT2D eigenvalue weighted by Crippen LogP contribution is 2.26. The van der Waals surface area contributed by atoms with E-state index >= 15 is 0 Å². The number of rotatable bonds is 9. The topological polar surface area (TPSA) is 102 Å². The molecule has 0 atom stereocenters. The number of hydrogen-bond acceptors (Lipinski definition) is 6. The van der Waals surface area contributed by atoms with Gasteiger partial charge in [0.1, 0.15) is 18.1 Å². The summed E-state index contributed by atoms with van der Waals surface area (Å²) in [4.78, 5) is 24.7. The van der Waals surface area contributed by atoms with Gasteiger partial charge in [-0.15, -0.1) is 0 Å². The Balaban J connectivity index is 1.95. The van der Waals surface area contributed by atoms with Crippen molar-refractivity contribution < 1.29 is 31.9 Å². The third-order valence-corrected chi connectivity index (χ3v) is 6.52. The van der Waals surface area contributed by atoms with Crippen molar-refractivity contribution in [3.63, 3.8) is 0 Å². The number of methoxy groups -OCH3 is 1. The van der Waals surface area contributed by atoms with Gasteiger partial charge in [-0.25, -0.2) is 17.6 Å². The molecular weight excluding hydrogens is 463 g/mol. The van der Waals surface area contributed by atoms with E-state index in [4.69, 9.17) is 9.47 Å². The summed E-state index contributed by atoms with van der Waals surface area (Å²) >= 11 is 0. The van der Waals surface area contributed by atoms with Crippen LogP contribution < -0.4 is 14.4 Å². The fraction of sp³-hybridized carbons (Fsp3) is 0.167. The first-order valence-electron chi connectivity index (χ1n) is 10.2. The van der Waals surface area contributed by atoms with Crippen LogP contribution in [0.25, 0.3) is 0 Å². The largest absolute Gasteiger partial charge is 0.494 e. The Kier molecular flexibility index (Phi) is 7.85. The van der Waals surface area contributed by atoms with Gasteiger partial charge in [-0.3, -0.25) is 9.10 Å². The van der Waals surface area contributed by atoms with Crippen molar-refractivity contribution in [2.24, 2.45) is 0 Å². The third-order valence-electron chi connectivity index (χ3n) is 4.73. The highest BCUT2D eigenvalue weighted by molar-refractivity contribution is 7.92. The summed E-state index contributed by atoms with van der Waals surface area (Å²) in [6.07, 6.45) is 0. The predicted octanol–water partition coefficient (Wildman–Crippen LogP) is 3.85. The molecule has 0 radical (unpaired) electrons. The number of amides is 1. The minimum Gasteiger partial charge on any atom is -0.494 e. The van der Waals surface area contributed by atoms with Crippen LogP contribution in [-0.4, -0.2) is 40.6 Å². The SMILES string of the molecule is CCOc1ccc(N(CC(=O)Nc2ccccc2C(=O)OC)S(=O)(=O)c2ccc(F)cc2)cc1. The van der Waals surface area contributed by atoms with Crippen LogP contribution >= 0.6 is 0 Å². The molecule has 0 aliphatic heterocycles. The van der Waals surface area contributed by atoms with Gasteiger partial charge < -0.3 is 14.8 Å². The number of halogens is 1. The minimum absolute atomic E-state index is 0.118. The van der Waals surface area contributed by atoms with Crippen molar-refractivity contribution in [3.8, 4) is 5.75 Å². The second kappa shape index (κ2) is 10.8. The van der Waals surface area contributed by atoms with Crippen LogP contribution in [0.4, 0.5) is 15.8 Å². The van der Waals surface area contributed by atoms with Crippen LogP contribution in [0, 0.1) is 5.82 Å². The molecule has 0 bridgehead atoms. The lowest BCUT2D eigenvalue weighted by Crippen LogP contribution is -2.38. The van der Waals surface area contributed by atoms with E-state index in [0.717, 1.165) is 28.6 Å². The zero-order valence-corrected chi connectivity index (χ0v) is 19.3. The van der Waals surface area contributed by atoms with Crippen LogP contribution in [0.2, 0.25) is 0 Å². The van der Waals surface area contributed by atoms with Gasteiger partial charge in [0, 0.05) is 0 Å². The average molecular weight is 487 g/mol. The van der Waals surface area contributed by atoms with E-state index in [1.165, 1.54) is 31.4 Å². The first-order valence-corrected chi connectivity index (χ1v) is 11.7. The van der Waals surface area contributed by atoms with Gasteiger partial charge in [0.15, 0.2) is 0 Å². The lowest BCUT2D eigenvalue weighted by atomic mass is 10.2. The first-order chi connectivity index (χ1) is 16.3. The molecule has 8 nitrogen and oxygen atoms in total. The number of nitrogens with zero attached hydrogens (tertiary/aromatic N) is 1. The van der Waals surface area contributed by atoms with Crippen molar-refractivity contribution in [1.82, 2.24) is 0 Å². The van der Waals surface area contributed by atoms with E-state index in [1.807, 2.05) is 6.92 Å². The molecule has 0 unspecified atom stereocenters. The molecule has 0 spiro atoms. The van der Waals surface area contributed by atoms with Crippen LogP contribution in [-0.2, 0) is 19.6 Å². The molecule has 178 valence electrons. The van der Waals surface area contributed by atoms with E-state index in [-0.39, 0.29) is 21.8 Å². The van der Waals surface area contributed by atoms with Crippen molar-refractivity contribution in [1.29, 1.82) is 0 Å². The number of sulfonamides is 1. The van der Waals surface area contributed by atoms with Gasteiger partial charge in [0.2, 0.25) is 5.91 Å². The molecule has 0 saturated heterocycles. The Morgan fingerprint density at radius 3 is 2.24 bits per heavy atom. The monoisotopic (exact) mass is 486 g/mol. The Labute approximate surface area is 197 Å². The zero-order valence-electron chi connectivity index (χ0n) is 18.5. The number of esters is 1. The number of hydrogen-bond donors (Lipinski definition) is 1. The number of nitrogens with one attached hydrogen (secondary N) is 1. The summed E-state index contributed by atoms with van der Waals surface area (Å²) in [7, 11) is -3.03. The van der Waals surface area contributed by atoms with Crippen LogP contribution in [0.15, 0.2) is 77.7 Å². The summed E-state index contributed by atoms with van der Waals surface area (Å²) in [6.45, 7) is 1.64. The molecule has 0 aromatic heterocycles. The van der Waals surface area contributed by atoms with E-state index in [0.29, 0.717) is 12.4 Å². The second-order valence-corrected chi connectivity index (χ2v) is 8.84. The third kappa shape index (κ3) is 5.70. The summed E-state index contributed by atoms with van der Waals surface area (Å²) in [5.74, 6) is -1.42. The maximum atomic E-state index is 13.4. The number of benzene rings is 3. The molecule has 34 heavy (non-hydrogen) atoms. The molecule has 0 saturated carbocycles. The molecule has 1 N–H and O–H groups in total. The van der Waals surface area contributed by atoms with Gasteiger partial charge in [0.25, 0.3) is 10.0 Å². The number of anilines is 2. The number of carbonyl (C=O) groups is 2. The van der Waals surface area contributed by atoms with Crippen molar-refractivity contribution in [3.05, 3.63) is 84.2 Å². The normalized spacial score (nSPS) is 10.9. The minimum atomic E-state index is -4.24. The Morgan fingerprint density at radius 1 is 0.971 bits per heavy atom. The maximum Gasteiger partial charge on any atom is 0.339 e. The van der Waals surface area contributed by atoms with Gasteiger partial charge in [0.05, 0.1) is 35.6 Å². The predicted molar refractivity (Wildman–Crippen MR) is 125 cm³/mol. The van der Waals surface area contributed by atoms with Gasteiger partial charge in [-0.05, 0) is 67.6 Å². The second-order valence-electron chi connectivity index (χ2n) is 6.98. The summed E-state index contributed by atoms with van der Waals surface area (Å²) in [6, 6.07) is 16.6. The molecule has 3 aromatic rings. The van der Waals surface area contributed by atoms with E-state index in [2.05, 4.69) is 5.32 Å². The molecule has 0 heterocycles. The summed E-state index contributed by atoms with van der Waals surface area (Å²) < 4.78 is 51.2. The molecular formula is C24H23FN2O6S. The fourth-order valence-corrected chi connectivity index (χ4v) is 4.55.